The van der Waals surface area contributed by atoms with Crippen LogP contribution in [0, 0.1) is 17.2 Å². The summed E-state index contributed by atoms with van der Waals surface area (Å²) in [5, 5.41) is 9.06. The molecule has 1 aromatic heterocycles. The molecule has 1 aliphatic carbocycles. The zero-order chi connectivity index (χ0) is 13.2. The molecule has 3 heteroatoms. The first-order valence-corrected chi connectivity index (χ1v) is 6.46. The third-order valence-corrected chi connectivity index (χ3v) is 3.47. The van der Waals surface area contributed by atoms with E-state index in [0.29, 0.717) is 12.1 Å². The first kappa shape index (κ1) is 11.7. The van der Waals surface area contributed by atoms with Crippen LogP contribution in [0.25, 0.3) is 0 Å². The Morgan fingerprint density at radius 3 is 2.84 bits per heavy atom. The summed E-state index contributed by atoms with van der Waals surface area (Å²) in [5.41, 5.74) is 2.45. The van der Waals surface area contributed by atoms with Crippen molar-refractivity contribution >= 4 is 5.78 Å². The third kappa shape index (κ3) is 2.43. The minimum Gasteiger partial charge on any atom is -0.349 e. The number of ketones is 1. The molecule has 0 unspecified atom stereocenters. The van der Waals surface area contributed by atoms with Gasteiger partial charge < -0.3 is 4.57 Å². The van der Waals surface area contributed by atoms with Crippen molar-refractivity contribution in [3.8, 4) is 6.07 Å². The first-order valence-electron chi connectivity index (χ1n) is 6.46. The second-order valence-electron chi connectivity index (χ2n) is 4.98. The Morgan fingerprint density at radius 1 is 1.32 bits per heavy atom. The van der Waals surface area contributed by atoms with Crippen molar-refractivity contribution in [3.63, 3.8) is 0 Å². The van der Waals surface area contributed by atoms with Gasteiger partial charge in [-0.3, -0.25) is 4.79 Å². The fourth-order valence-electron chi connectivity index (χ4n) is 2.23. The minimum atomic E-state index is 0.252. The van der Waals surface area contributed by atoms with Crippen molar-refractivity contribution in [1.29, 1.82) is 5.26 Å². The lowest BCUT2D eigenvalue weighted by Crippen LogP contribution is -2.01. The maximum atomic E-state index is 11.9. The zero-order valence-electron chi connectivity index (χ0n) is 10.5. The van der Waals surface area contributed by atoms with Crippen molar-refractivity contribution in [3.05, 3.63) is 59.4 Å². The molecule has 19 heavy (non-hydrogen) atoms. The van der Waals surface area contributed by atoms with Crippen LogP contribution in [0.1, 0.15) is 34.3 Å². The van der Waals surface area contributed by atoms with Gasteiger partial charge in [-0.15, -0.1) is 0 Å². The van der Waals surface area contributed by atoms with E-state index >= 15 is 0 Å². The highest BCUT2D eigenvalue weighted by atomic mass is 16.1. The predicted octanol–water partition coefficient (Wildman–Crippen LogP) is 3.00. The number of rotatable bonds is 4. The highest BCUT2D eigenvalue weighted by Crippen LogP contribution is 2.32. The van der Waals surface area contributed by atoms with Gasteiger partial charge in [-0.25, -0.2) is 0 Å². The SMILES string of the molecule is N#Cc1ccccc1Cn1ccc(C(=O)C2CC2)c1. The second-order valence-corrected chi connectivity index (χ2v) is 4.98. The van der Waals surface area contributed by atoms with Crippen LogP contribution >= 0.6 is 0 Å². The van der Waals surface area contributed by atoms with Crippen molar-refractivity contribution in [2.75, 3.05) is 0 Å². The van der Waals surface area contributed by atoms with E-state index in [9.17, 15) is 4.79 Å². The largest absolute Gasteiger partial charge is 0.349 e. The Hall–Kier alpha value is -2.34. The molecule has 1 fully saturated rings. The third-order valence-electron chi connectivity index (χ3n) is 3.47. The number of hydrogen-bond donors (Lipinski definition) is 0. The lowest BCUT2D eigenvalue weighted by Gasteiger charge is -2.04. The number of carbonyl (C=O) groups excluding carboxylic acids is 1. The Morgan fingerprint density at radius 2 is 2.11 bits per heavy atom. The van der Waals surface area contributed by atoms with E-state index in [-0.39, 0.29) is 11.7 Å². The van der Waals surface area contributed by atoms with Crippen LogP contribution in [0.15, 0.2) is 42.7 Å². The summed E-state index contributed by atoms with van der Waals surface area (Å²) in [4.78, 5) is 11.9. The summed E-state index contributed by atoms with van der Waals surface area (Å²) in [6.07, 6.45) is 5.85. The molecule has 0 aliphatic heterocycles. The Balaban J connectivity index is 1.80. The number of benzene rings is 1. The van der Waals surface area contributed by atoms with Gasteiger partial charge in [0.25, 0.3) is 0 Å². The van der Waals surface area contributed by atoms with Crippen LogP contribution < -0.4 is 0 Å². The first-order chi connectivity index (χ1) is 9.28. The lowest BCUT2D eigenvalue weighted by molar-refractivity contribution is 0.0967. The van der Waals surface area contributed by atoms with E-state index in [1.54, 1.807) is 0 Å². The fourth-order valence-corrected chi connectivity index (χ4v) is 2.23. The van der Waals surface area contributed by atoms with Gasteiger partial charge in [0.1, 0.15) is 0 Å². The number of carbonyl (C=O) groups is 1. The molecule has 0 atom stereocenters. The standard InChI is InChI=1S/C16H14N2O/c17-9-13-3-1-2-4-14(13)10-18-8-7-15(11-18)16(19)12-5-6-12/h1-4,7-8,11-12H,5-6,10H2. The molecule has 3 nitrogen and oxygen atoms in total. The molecule has 1 heterocycles. The molecule has 94 valence electrons. The maximum Gasteiger partial charge on any atom is 0.167 e. The highest BCUT2D eigenvalue weighted by molar-refractivity contribution is 5.99. The van der Waals surface area contributed by atoms with Gasteiger partial charge in [-0.1, -0.05) is 18.2 Å². The molecular formula is C16H14N2O. The van der Waals surface area contributed by atoms with Gasteiger partial charge in [-0.2, -0.15) is 5.26 Å². The number of aromatic nitrogens is 1. The second kappa shape index (κ2) is 4.74. The van der Waals surface area contributed by atoms with Crippen LogP contribution in [0.4, 0.5) is 0 Å². The number of nitrogens with zero attached hydrogens (tertiary/aromatic N) is 2. The molecule has 3 rings (SSSR count). The number of nitriles is 1. The van der Waals surface area contributed by atoms with Crippen LogP contribution in [-0.2, 0) is 6.54 Å². The normalized spacial score (nSPS) is 14.1. The molecule has 0 amide bonds. The van der Waals surface area contributed by atoms with Gasteiger partial charge in [0, 0.05) is 30.4 Å². The number of Topliss-reactive ketones (excluding diaryl/α,β-unsaturated/α-hetero) is 1. The Kier molecular flexibility index (Phi) is 2.92. The summed E-state index contributed by atoms with van der Waals surface area (Å²) >= 11 is 0. The predicted molar refractivity (Wildman–Crippen MR) is 71.7 cm³/mol. The molecule has 0 saturated heterocycles. The molecule has 0 bridgehead atoms. The van der Waals surface area contributed by atoms with Crippen molar-refractivity contribution < 1.29 is 4.79 Å². The molecule has 0 spiro atoms. The van der Waals surface area contributed by atoms with Crippen LogP contribution in [0.2, 0.25) is 0 Å². The fraction of sp³-hybridized carbons (Fsp3) is 0.250. The molecule has 0 radical (unpaired) electrons. The van der Waals surface area contributed by atoms with Crippen LogP contribution in [0.3, 0.4) is 0 Å². The maximum absolute atomic E-state index is 11.9. The van der Waals surface area contributed by atoms with Crippen molar-refractivity contribution in [1.82, 2.24) is 4.57 Å². The summed E-state index contributed by atoms with van der Waals surface area (Å²) in [6, 6.07) is 11.6. The molecule has 1 aliphatic rings. The summed E-state index contributed by atoms with van der Waals surface area (Å²) in [5.74, 6) is 0.509. The van der Waals surface area contributed by atoms with E-state index in [4.69, 9.17) is 5.26 Å². The van der Waals surface area contributed by atoms with Gasteiger partial charge in [0.05, 0.1) is 11.6 Å². The molecular weight excluding hydrogens is 236 g/mol. The number of hydrogen-bond acceptors (Lipinski definition) is 2. The Labute approximate surface area is 112 Å². The van der Waals surface area contributed by atoms with Gasteiger partial charge in [-0.05, 0) is 30.5 Å². The van der Waals surface area contributed by atoms with Crippen molar-refractivity contribution in [2.24, 2.45) is 5.92 Å². The van der Waals surface area contributed by atoms with E-state index in [1.165, 1.54) is 0 Å². The molecule has 1 aromatic carbocycles. The average Bonchev–Trinajstić information content (AvgIpc) is 3.19. The summed E-state index contributed by atoms with van der Waals surface area (Å²) in [6.45, 7) is 0.627. The molecule has 0 N–H and O–H groups in total. The van der Waals surface area contributed by atoms with E-state index in [2.05, 4.69) is 6.07 Å². The smallest absolute Gasteiger partial charge is 0.167 e. The van der Waals surface area contributed by atoms with E-state index in [1.807, 2.05) is 47.3 Å². The quantitative estimate of drug-likeness (QED) is 0.783. The molecule has 2 aromatic rings. The van der Waals surface area contributed by atoms with Gasteiger partial charge in [0.15, 0.2) is 5.78 Å². The zero-order valence-corrected chi connectivity index (χ0v) is 10.5. The van der Waals surface area contributed by atoms with Gasteiger partial charge >= 0.3 is 0 Å². The monoisotopic (exact) mass is 250 g/mol. The summed E-state index contributed by atoms with van der Waals surface area (Å²) < 4.78 is 1.96. The lowest BCUT2D eigenvalue weighted by atomic mass is 10.1. The topological polar surface area (TPSA) is 45.8 Å². The van der Waals surface area contributed by atoms with Crippen LogP contribution in [-0.4, -0.2) is 10.4 Å². The van der Waals surface area contributed by atoms with Gasteiger partial charge in [0.2, 0.25) is 0 Å². The van der Waals surface area contributed by atoms with Crippen molar-refractivity contribution in [2.45, 2.75) is 19.4 Å². The summed E-state index contributed by atoms with van der Waals surface area (Å²) in [7, 11) is 0. The highest BCUT2D eigenvalue weighted by Gasteiger charge is 2.30. The average molecular weight is 250 g/mol. The van der Waals surface area contributed by atoms with Crippen LogP contribution in [0.5, 0.6) is 0 Å². The van der Waals surface area contributed by atoms with E-state index < -0.39 is 0 Å². The molecule has 1 saturated carbocycles. The Bertz CT molecular complexity index is 659. The minimum absolute atomic E-state index is 0.252. The van der Waals surface area contributed by atoms with E-state index in [0.717, 1.165) is 24.0 Å².